The molecule has 0 aromatic heterocycles. The van der Waals surface area contributed by atoms with Crippen LogP contribution >= 0.6 is 0 Å². The molecule has 0 aliphatic heterocycles. The second-order valence-electron chi connectivity index (χ2n) is 3.77. The predicted octanol–water partition coefficient (Wildman–Crippen LogP) is 2.95. The first-order valence-electron chi connectivity index (χ1n) is 4.96. The zero-order valence-electron chi connectivity index (χ0n) is 8.64. The molecule has 0 aromatic rings. The van der Waals surface area contributed by atoms with Crippen molar-refractivity contribution in [2.45, 2.75) is 39.2 Å². The van der Waals surface area contributed by atoms with Crippen molar-refractivity contribution in [2.24, 2.45) is 5.73 Å². The second-order valence-corrected chi connectivity index (χ2v) is 3.77. The molecule has 1 rings (SSSR count). The van der Waals surface area contributed by atoms with Crippen LogP contribution in [0, 0.1) is 0 Å². The van der Waals surface area contributed by atoms with Gasteiger partial charge in [0, 0.05) is 6.04 Å². The van der Waals surface area contributed by atoms with Crippen molar-refractivity contribution < 1.29 is 0 Å². The Morgan fingerprint density at radius 2 is 2.31 bits per heavy atom. The molecule has 0 amide bonds. The highest BCUT2D eigenvalue weighted by molar-refractivity contribution is 5.38. The SMILES string of the molecule is C=C(CCC)C1=CC=C(C)[C@@H](N)C1. The third-order valence-electron chi connectivity index (χ3n) is 2.58. The molecule has 1 atom stereocenters. The lowest BCUT2D eigenvalue weighted by atomic mass is 9.89. The van der Waals surface area contributed by atoms with Crippen molar-refractivity contribution in [3.63, 3.8) is 0 Å². The van der Waals surface area contributed by atoms with Gasteiger partial charge in [-0.1, -0.05) is 43.2 Å². The Kier molecular flexibility index (Phi) is 3.49. The largest absolute Gasteiger partial charge is 0.324 e. The van der Waals surface area contributed by atoms with E-state index in [1.807, 2.05) is 0 Å². The van der Waals surface area contributed by atoms with Gasteiger partial charge in [0.1, 0.15) is 0 Å². The lowest BCUT2D eigenvalue weighted by molar-refractivity contribution is 0.739. The summed E-state index contributed by atoms with van der Waals surface area (Å²) in [5.74, 6) is 0. The summed E-state index contributed by atoms with van der Waals surface area (Å²) in [6.45, 7) is 8.33. The Morgan fingerprint density at radius 3 is 2.85 bits per heavy atom. The maximum absolute atomic E-state index is 5.95. The monoisotopic (exact) mass is 177 g/mol. The Balaban J connectivity index is 2.68. The summed E-state index contributed by atoms with van der Waals surface area (Å²) < 4.78 is 0. The van der Waals surface area contributed by atoms with Gasteiger partial charge in [-0.2, -0.15) is 0 Å². The van der Waals surface area contributed by atoms with Crippen molar-refractivity contribution in [1.29, 1.82) is 0 Å². The fourth-order valence-corrected chi connectivity index (χ4v) is 1.55. The van der Waals surface area contributed by atoms with E-state index in [-0.39, 0.29) is 6.04 Å². The molecule has 0 radical (unpaired) electrons. The topological polar surface area (TPSA) is 26.0 Å². The van der Waals surface area contributed by atoms with Crippen LogP contribution in [-0.2, 0) is 0 Å². The number of allylic oxidation sites excluding steroid dienone is 3. The van der Waals surface area contributed by atoms with Crippen molar-refractivity contribution in [2.75, 3.05) is 0 Å². The van der Waals surface area contributed by atoms with E-state index in [1.165, 1.54) is 16.7 Å². The van der Waals surface area contributed by atoms with Gasteiger partial charge in [0.15, 0.2) is 0 Å². The van der Waals surface area contributed by atoms with E-state index in [9.17, 15) is 0 Å². The molecule has 0 spiro atoms. The van der Waals surface area contributed by atoms with Gasteiger partial charge in [-0.15, -0.1) is 0 Å². The van der Waals surface area contributed by atoms with E-state index < -0.39 is 0 Å². The molecule has 72 valence electrons. The maximum atomic E-state index is 5.95. The molecule has 0 heterocycles. The number of rotatable bonds is 3. The number of nitrogens with two attached hydrogens (primary N) is 1. The van der Waals surface area contributed by atoms with Crippen LogP contribution in [0.1, 0.15) is 33.1 Å². The van der Waals surface area contributed by atoms with Gasteiger partial charge in [-0.3, -0.25) is 0 Å². The summed E-state index contributed by atoms with van der Waals surface area (Å²) in [4.78, 5) is 0. The van der Waals surface area contributed by atoms with Crippen LogP contribution in [0.4, 0.5) is 0 Å². The molecular weight excluding hydrogens is 158 g/mol. The van der Waals surface area contributed by atoms with E-state index in [0.29, 0.717) is 0 Å². The zero-order chi connectivity index (χ0) is 9.84. The average Bonchev–Trinajstić information content (AvgIpc) is 2.10. The molecule has 0 saturated carbocycles. The summed E-state index contributed by atoms with van der Waals surface area (Å²) >= 11 is 0. The first kappa shape index (κ1) is 10.3. The van der Waals surface area contributed by atoms with Crippen molar-refractivity contribution in [1.82, 2.24) is 0 Å². The van der Waals surface area contributed by atoms with Crippen molar-refractivity contribution in [3.8, 4) is 0 Å². The van der Waals surface area contributed by atoms with E-state index in [2.05, 4.69) is 32.6 Å². The predicted molar refractivity (Wildman–Crippen MR) is 58.5 cm³/mol. The van der Waals surface area contributed by atoms with Crippen LogP contribution in [-0.4, -0.2) is 6.04 Å². The minimum absolute atomic E-state index is 0.202. The summed E-state index contributed by atoms with van der Waals surface area (Å²) in [6.07, 6.45) is 7.49. The van der Waals surface area contributed by atoms with Crippen LogP contribution in [0.3, 0.4) is 0 Å². The van der Waals surface area contributed by atoms with Gasteiger partial charge in [0.2, 0.25) is 0 Å². The van der Waals surface area contributed by atoms with E-state index in [0.717, 1.165) is 19.3 Å². The van der Waals surface area contributed by atoms with E-state index in [4.69, 9.17) is 5.73 Å². The van der Waals surface area contributed by atoms with Gasteiger partial charge in [0.25, 0.3) is 0 Å². The van der Waals surface area contributed by atoms with Crippen LogP contribution in [0.5, 0.6) is 0 Å². The molecule has 1 aliphatic rings. The fourth-order valence-electron chi connectivity index (χ4n) is 1.55. The smallest absolute Gasteiger partial charge is 0.0295 e. The summed E-state index contributed by atoms with van der Waals surface area (Å²) in [6, 6.07) is 0.202. The lowest BCUT2D eigenvalue weighted by Crippen LogP contribution is -2.24. The number of hydrogen-bond acceptors (Lipinski definition) is 1. The van der Waals surface area contributed by atoms with Crippen LogP contribution in [0.15, 0.2) is 35.5 Å². The normalized spacial score (nSPS) is 22.2. The van der Waals surface area contributed by atoms with Gasteiger partial charge in [-0.05, 0) is 25.3 Å². The second kappa shape index (κ2) is 4.43. The van der Waals surface area contributed by atoms with Crippen molar-refractivity contribution in [3.05, 3.63) is 35.5 Å². The van der Waals surface area contributed by atoms with Gasteiger partial charge in [-0.25, -0.2) is 0 Å². The molecule has 13 heavy (non-hydrogen) atoms. The third kappa shape index (κ3) is 2.56. The van der Waals surface area contributed by atoms with Crippen LogP contribution < -0.4 is 5.73 Å². The van der Waals surface area contributed by atoms with Crippen LogP contribution in [0.2, 0.25) is 0 Å². The molecule has 1 heteroatoms. The highest BCUT2D eigenvalue weighted by Gasteiger charge is 2.13. The molecule has 1 nitrogen and oxygen atoms in total. The molecule has 0 saturated heterocycles. The minimum atomic E-state index is 0.202. The Bertz CT molecular complexity index is 258. The Hall–Kier alpha value is -0.820. The minimum Gasteiger partial charge on any atom is -0.324 e. The van der Waals surface area contributed by atoms with Gasteiger partial charge >= 0.3 is 0 Å². The highest BCUT2D eigenvalue weighted by atomic mass is 14.6. The van der Waals surface area contributed by atoms with Gasteiger partial charge in [0.05, 0.1) is 0 Å². The maximum Gasteiger partial charge on any atom is 0.0295 e. The first-order valence-corrected chi connectivity index (χ1v) is 4.96. The van der Waals surface area contributed by atoms with Crippen molar-refractivity contribution >= 4 is 0 Å². The molecule has 0 bridgehead atoms. The fraction of sp³-hybridized carbons (Fsp3) is 0.500. The number of hydrogen-bond donors (Lipinski definition) is 1. The standard InChI is InChI=1S/C12H19N/c1-4-5-9(2)11-7-6-10(3)12(13)8-11/h6-7,12H,2,4-5,8,13H2,1,3H3/t12-/m0/s1. The summed E-state index contributed by atoms with van der Waals surface area (Å²) in [5.41, 5.74) is 9.81. The molecule has 1 aliphatic carbocycles. The first-order chi connectivity index (χ1) is 6.15. The zero-order valence-corrected chi connectivity index (χ0v) is 8.64. The van der Waals surface area contributed by atoms with Crippen LogP contribution in [0.25, 0.3) is 0 Å². The van der Waals surface area contributed by atoms with Gasteiger partial charge < -0.3 is 5.73 Å². The highest BCUT2D eigenvalue weighted by Crippen LogP contribution is 2.24. The Morgan fingerprint density at radius 1 is 1.62 bits per heavy atom. The third-order valence-corrected chi connectivity index (χ3v) is 2.58. The quantitative estimate of drug-likeness (QED) is 0.704. The van der Waals surface area contributed by atoms with E-state index >= 15 is 0 Å². The molecule has 0 aromatic carbocycles. The lowest BCUT2D eigenvalue weighted by Gasteiger charge is -2.20. The molecule has 0 fully saturated rings. The summed E-state index contributed by atoms with van der Waals surface area (Å²) in [7, 11) is 0. The average molecular weight is 177 g/mol. The van der Waals surface area contributed by atoms with E-state index in [1.54, 1.807) is 0 Å². The molecular formula is C12H19N. The molecule has 2 N–H and O–H groups in total. The molecule has 0 unspecified atom stereocenters. The summed E-state index contributed by atoms with van der Waals surface area (Å²) in [5, 5.41) is 0. The Labute approximate surface area is 81.0 Å².